The van der Waals surface area contributed by atoms with Crippen LogP contribution in [-0.2, 0) is 11.2 Å². The Morgan fingerprint density at radius 3 is 2.53 bits per heavy atom. The van der Waals surface area contributed by atoms with E-state index in [4.69, 9.17) is 9.63 Å². The predicted octanol–water partition coefficient (Wildman–Crippen LogP) is 2.48. The second kappa shape index (κ2) is 5.80. The molecule has 1 aromatic heterocycles. The van der Waals surface area contributed by atoms with E-state index in [0.717, 1.165) is 12.8 Å². The van der Waals surface area contributed by atoms with Crippen molar-refractivity contribution in [2.45, 2.75) is 46.5 Å². The SMILES string of the molecule is CC(C)CCc1noc(C(C)C(C)C(=O)O)n1. The molecule has 1 rings (SSSR count). The average molecular weight is 240 g/mol. The Morgan fingerprint density at radius 2 is 2.00 bits per heavy atom. The molecule has 0 fully saturated rings. The Bertz CT molecular complexity index is 374. The molecule has 1 heterocycles. The van der Waals surface area contributed by atoms with Gasteiger partial charge >= 0.3 is 5.97 Å². The van der Waals surface area contributed by atoms with Crippen molar-refractivity contribution in [3.8, 4) is 0 Å². The number of carbonyl (C=O) groups is 1. The van der Waals surface area contributed by atoms with Gasteiger partial charge in [0.15, 0.2) is 5.82 Å². The quantitative estimate of drug-likeness (QED) is 0.826. The van der Waals surface area contributed by atoms with Crippen molar-refractivity contribution in [2.75, 3.05) is 0 Å². The number of carboxylic acid groups (broad SMARTS) is 1. The smallest absolute Gasteiger partial charge is 0.307 e. The molecule has 2 atom stereocenters. The Kier molecular flexibility index (Phi) is 4.66. The van der Waals surface area contributed by atoms with Gasteiger partial charge in [-0.05, 0) is 12.3 Å². The zero-order valence-electron chi connectivity index (χ0n) is 10.8. The fourth-order valence-electron chi connectivity index (χ4n) is 1.40. The van der Waals surface area contributed by atoms with Crippen LogP contribution in [0.5, 0.6) is 0 Å². The molecule has 0 aliphatic rings. The van der Waals surface area contributed by atoms with Crippen LogP contribution in [0.1, 0.15) is 51.7 Å². The second-order valence-corrected chi connectivity index (χ2v) is 4.90. The Hall–Kier alpha value is -1.39. The third kappa shape index (κ3) is 3.84. The molecular weight excluding hydrogens is 220 g/mol. The molecule has 5 heteroatoms. The minimum atomic E-state index is -0.848. The summed E-state index contributed by atoms with van der Waals surface area (Å²) in [4.78, 5) is 15.1. The van der Waals surface area contributed by atoms with Gasteiger partial charge in [0.1, 0.15) is 0 Å². The zero-order valence-corrected chi connectivity index (χ0v) is 10.8. The molecule has 0 saturated heterocycles. The fourth-order valence-corrected chi connectivity index (χ4v) is 1.40. The first kappa shape index (κ1) is 13.7. The number of nitrogens with zero attached hydrogens (tertiary/aromatic N) is 2. The Balaban J connectivity index is 2.64. The molecule has 0 amide bonds. The molecule has 1 N–H and O–H groups in total. The lowest BCUT2D eigenvalue weighted by atomic mass is 9.96. The molecule has 0 radical (unpaired) electrons. The third-order valence-corrected chi connectivity index (χ3v) is 2.96. The predicted molar refractivity (Wildman–Crippen MR) is 62.7 cm³/mol. The van der Waals surface area contributed by atoms with Crippen molar-refractivity contribution in [1.82, 2.24) is 10.1 Å². The minimum Gasteiger partial charge on any atom is -0.481 e. The van der Waals surface area contributed by atoms with Gasteiger partial charge in [-0.3, -0.25) is 4.79 Å². The van der Waals surface area contributed by atoms with Crippen LogP contribution in [0.4, 0.5) is 0 Å². The van der Waals surface area contributed by atoms with Gasteiger partial charge in [-0.1, -0.05) is 32.9 Å². The zero-order chi connectivity index (χ0) is 13.0. The summed E-state index contributed by atoms with van der Waals surface area (Å²) in [5.74, 6) is 0.0461. The van der Waals surface area contributed by atoms with Crippen molar-refractivity contribution in [3.63, 3.8) is 0 Å². The minimum absolute atomic E-state index is 0.257. The van der Waals surface area contributed by atoms with Crippen LogP contribution >= 0.6 is 0 Å². The van der Waals surface area contributed by atoms with E-state index < -0.39 is 11.9 Å². The summed E-state index contributed by atoms with van der Waals surface area (Å²) in [5, 5.41) is 12.8. The highest BCUT2D eigenvalue weighted by molar-refractivity contribution is 5.70. The molecule has 17 heavy (non-hydrogen) atoms. The largest absolute Gasteiger partial charge is 0.481 e. The van der Waals surface area contributed by atoms with Crippen LogP contribution in [0, 0.1) is 11.8 Å². The summed E-state index contributed by atoms with van der Waals surface area (Å²) in [6.07, 6.45) is 1.77. The van der Waals surface area contributed by atoms with E-state index in [1.54, 1.807) is 13.8 Å². The van der Waals surface area contributed by atoms with Crippen molar-refractivity contribution >= 4 is 5.97 Å². The maximum atomic E-state index is 10.8. The molecule has 0 bridgehead atoms. The molecule has 0 aromatic carbocycles. The first-order valence-corrected chi connectivity index (χ1v) is 5.97. The molecule has 0 aliphatic carbocycles. The number of hydrogen-bond donors (Lipinski definition) is 1. The molecular formula is C12H20N2O3. The van der Waals surface area contributed by atoms with Crippen LogP contribution in [0.3, 0.4) is 0 Å². The normalized spacial score (nSPS) is 14.9. The fraction of sp³-hybridized carbons (Fsp3) is 0.750. The second-order valence-electron chi connectivity index (χ2n) is 4.90. The highest BCUT2D eigenvalue weighted by atomic mass is 16.5. The summed E-state index contributed by atoms with van der Waals surface area (Å²) in [6.45, 7) is 7.70. The van der Waals surface area contributed by atoms with Crippen molar-refractivity contribution in [3.05, 3.63) is 11.7 Å². The lowest BCUT2D eigenvalue weighted by Crippen LogP contribution is -2.16. The average Bonchev–Trinajstić information content (AvgIpc) is 2.72. The number of aromatic nitrogens is 2. The first-order valence-electron chi connectivity index (χ1n) is 5.97. The summed E-state index contributed by atoms with van der Waals surface area (Å²) < 4.78 is 5.11. The van der Waals surface area contributed by atoms with Crippen molar-refractivity contribution < 1.29 is 14.4 Å². The number of rotatable bonds is 6. The van der Waals surface area contributed by atoms with E-state index in [0.29, 0.717) is 17.6 Å². The van der Waals surface area contributed by atoms with Gasteiger partial charge in [0.05, 0.1) is 5.92 Å². The highest BCUT2D eigenvalue weighted by Gasteiger charge is 2.25. The van der Waals surface area contributed by atoms with E-state index >= 15 is 0 Å². The van der Waals surface area contributed by atoms with Crippen LogP contribution in [0.2, 0.25) is 0 Å². The van der Waals surface area contributed by atoms with Crippen LogP contribution < -0.4 is 0 Å². The van der Waals surface area contributed by atoms with E-state index in [9.17, 15) is 4.79 Å². The number of carboxylic acids is 1. The monoisotopic (exact) mass is 240 g/mol. The third-order valence-electron chi connectivity index (χ3n) is 2.96. The summed E-state index contributed by atoms with van der Waals surface area (Å²) in [5.41, 5.74) is 0. The summed E-state index contributed by atoms with van der Waals surface area (Å²) in [6, 6.07) is 0. The van der Waals surface area contributed by atoms with E-state index in [-0.39, 0.29) is 5.92 Å². The van der Waals surface area contributed by atoms with Gasteiger partial charge in [-0.15, -0.1) is 0 Å². The van der Waals surface area contributed by atoms with Crippen LogP contribution in [0.25, 0.3) is 0 Å². The number of aliphatic carboxylic acids is 1. The van der Waals surface area contributed by atoms with Gasteiger partial charge in [0.2, 0.25) is 5.89 Å². The van der Waals surface area contributed by atoms with Gasteiger partial charge in [-0.2, -0.15) is 4.98 Å². The first-order chi connectivity index (χ1) is 7.91. The molecule has 0 saturated carbocycles. The maximum Gasteiger partial charge on any atom is 0.307 e. The highest BCUT2D eigenvalue weighted by Crippen LogP contribution is 2.22. The summed E-state index contributed by atoms with van der Waals surface area (Å²) in [7, 11) is 0. The van der Waals surface area contributed by atoms with Gasteiger partial charge in [0, 0.05) is 12.3 Å². The molecule has 0 aliphatic heterocycles. The molecule has 0 spiro atoms. The van der Waals surface area contributed by atoms with Crippen LogP contribution in [0.15, 0.2) is 4.52 Å². The topological polar surface area (TPSA) is 76.2 Å². The van der Waals surface area contributed by atoms with Crippen molar-refractivity contribution in [2.24, 2.45) is 11.8 Å². The van der Waals surface area contributed by atoms with E-state index in [2.05, 4.69) is 24.0 Å². The maximum absolute atomic E-state index is 10.8. The van der Waals surface area contributed by atoms with E-state index in [1.807, 2.05) is 0 Å². The van der Waals surface area contributed by atoms with Gasteiger partial charge in [0.25, 0.3) is 0 Å². The number of hydrogen-bond acceptors (Lipinski definition) is 4. The molecule has 1 aromatic rings. The number of aryl methyl sites for hydroxylation is 1. The Morgan fingerprint density at radius 1 is 1.35 bits per heavy atom. The lowest BCUT2D eigenvalue weighted by Gasteiger charge is -2.10. The molecule has 96 valence electrons. The van der Waals surface area contributed by atoms with Crippen LogP contribution in [-0.4, -0.2) is 21.2 Å². The van der Waals surface area contributed by atoms with Crippen molar-refractivity contribution in [1.29, 1.82) is 0 Å². The van der Waals surface area contributed by atoms with Gasteiger partial charge < -0.3 is 9.63 Å². The summed E-state index contributed by atoms with van der Waals surface area (Å²) >= 11 is 0. The Labute approximate surface area is 101 Å². The van der Waals surface area contributed by atoms with E-state index in [1.165, 1.54) is 0 Å². The molecule has 2 unspecified atom stereocenters. The van der Waals surface area contributed by atoms with Gasteiger partial charge in [-0.25, -0.2) is 0 Å². The lowest BCUT2D eigenvalue weighted by molar-refractivity contribution is -0.141. The standard InChI is InChI=1S/C12H20N2O3/c1-7(2)5-6-10-13-11(17-14-10)8(3)9(4)12(15)16/h7-9H,5-6H2,1-4H3,(H,15,16). The molecule has 5 nitrogen and oxygen atoms in total.